The molecule has 418 valence electrons. The van der Waals surface area contributed by atoms with E-state index in [1.54, 1.807) is 0 Å². The Morgan fingerprint density at radius 1 is 0.237 bits per heavy atom. The molecule has 2 aliphatic rings. The van der Waals surface area contributed by atoms with Crippen LogP contribution in [0, 0.1) is 0 Å². The predicted molar refractivity (Wildman–Crippen MR) is 349 cm³/mol. The van der Waals surface area contributed by atoms with Crippen LogP contribution in [0.3, 0.4) is 0 Å². The van der Waals surface area contributed by atoms with E-state index in [1.165, 1.54) is 176 Å². The molecule has 80 heavy (non-hydrogen) atoms. The molecule has 0 aliphatic carbocycles. The monoisotopic (exact) mass is 1060 g/mol. The van der Waals surface area contributed by atoms with Gasteiger partial charge in [0.05, 0.1) is 22.8 Å². The molecule has 4 aromatic carbocycles. The minimum Gasteiger partial charge on any atom is -0.354 e. The fraction of sp³-hybridized carbons (Fsp3) is 0.421. The Hall–Kier alpha value is -6.52. The zero-order valence-corrected chi connectivity index (χ0v) is 49.5. The zero-order valence-electron chi connectivity index (χ0n) is 49.5. The number of hydrogen-bond donors (Lipinski definition) is 2. The van der Waals surface area contributed by atoms with Crippen molar-refractivity contribution in [1.82, 2.24) is 19.9 Å². The van der Waals surface area contributed by atoms with Gasteiger partial charge in [0, 0.05) is 44.3 Å². The van der Waals surface area contributed by atoms with Gasteiger partial charge in [-0.05, 0) is 144 Å². The van der Waals surface area contributed by atoms with Gasteiger partial charge < -0.3 is 9.97 Å². The van der Waals surface area contributed by atoms with Crippen LogP contribution in [-0.2, 0) is 25.7 Å². The summed E-state index contributed by atoms with van der Waals surface area (Å²) in [5.74, 6) is 0. The first kappa shape index (κ1) is 58.1. The minimum absolute atomic E-state index is 0.954. The highest BCUT2D eigenvalue weighted by Crippen LogP contribution is 2.39. The van der Waals surface area contributed by atoms with Crippen molar-refractivity contribution in [2.75, 3.05) is 0 Å². The molecule has 0 atom stereocenters. The van der Waals surface area contributed by atoms with Crippen LogP contribution in [-0.4, -0.2) is 19.9 Å². The summed E-state index contributed by atoms with van der Waals surface area (Å²) in [5.41, 5.74) is 22.6. The quantitative estimate of drug-likeness (QED) is 0.0413. The number of hydrogen-bond acceptors (Lipinski definition) is 2. The third-order valence-electron chi connectivity index (χ3n) is 17.0. The first-order chi connectivity index (χ1) is 39.5. The number of H-pyrrole nitrogens is 2. The van der Waals surface area contributed by atoms with Gasteiger partial charge in [-0.25, -0.2) is 9.97 Å². The number of nitrogens with one attached hydrogen (secondary N) is 2. The first-order valence-electron chi connectivity index (χ1n) is 32.1. The average molecular weight is 1060 g/mol. The number of unbranched alkanes of at least 4 members (excludes halogenated alkanes) is 20. The SMILES string of the molecule is CCCCCCCCc1ccc(-c2c3nc(c(-c4ccc(CCCCCCCC)cc4)c4ccc([nH]4)c(-c4ccc(CCCCCCCC)cc4)c4nc(c(-c5ccc(CCCCCCCC)cc5)c5ccc2[nH]5)C=C4)C=C3)cc1. The van der Waals surface area contributed by atoms with Crippen molar-refractivity contribution < 1.29 is 0 Å². The molecule has 9 rings (SSSR count). The highest BCUT2D eigenvalue weighted by molar-refractivity contribution is 5.99. The Balaban J connectivity index is 1.20. The molecule has 4 nitrogen and oxygen atoms in total. The van der Waals surface area contributed by atoms with Gasteiger partial charge in [0.25, 0.3) is 0 Å². The van der Waals surface area contributed by atoms with Crippen LogP contribution >= 0.6 is 0 Å². The van der Waals surface area contributed by atoms with E-state index in [2.05, 4.69) is 183 Å². The molecule has 0 unspecified atom stereocenters. The van der Waals surface area contributed by atoms with Crippen molar-refractivity contribution in [1.29, 1.82) is 0 Å². The Bertz CT molecular complexity index is 2810. The van der Waals surface area contributed by atoms with Gasteiger partial charge in [0.2, 0.25) is 0 Å². The summed E-state index contributed by atoms with van der Waals surface area (Å²) in [6, 6.07) is 46.5. The van der Waals surface area contributed by atoms with Gasteiger partial charge in [-0.1, -0.05) is 253 Å². The smallest absolute Gasteiger partial charge is 0.0737 e. The third kappa shape index (κ3) is 15.9. The minimum atomic E-state index is 0.954. The predicted octanol–water partition coefficient (Wildman–Crippen LogP) is 22.9. The van der Waals surface area contributed by atoms with Crippen molar-refractivity contribution in [3.8, 4) is 44.5 Å². The molecule has 7 aromatic rings. The number of aromatic amines is 2. The molecule has 0 fully saturated rings. The van der Waals surface area contributed by atoms with E-state index in [1.807, 2.05) is 0 Å². The van der Waals surface area contributed by atoms with Crippen molar-refractivity contribution in [2.45, 2.75) is 207 Å². The van der Waals surface area contributed by atoms with Crippen LogP contribution in [0.1, 0.15) is 227 Å². The normalized spacial score (nSPS) is 12.1. The van der Waals surface area contributed by atoms with Crippen molar-refractivity contribution >= 4 is 46.4 Å². The summed E-state index contributed by atoms with van der Waals surface area (Å²) in [6.45, 7) is 9.18. The zero-order chi connectivity index (χ0) is 55.1. The van der Waals surface area contributed by atoms with E-state index < -0.39 is 0 Å². The lowest BCUT2D eigenvalue weighted by molar-refractivity contribution is 0.607. The summed E-state index contributed by atoms with van der Waals surface area (Å²) in [4.78, 5) is 19.4. The second-order valence-electron chi connectivity index (χ2n) is 23.4. The summed E-state index contributed by atoms with van der Waals surface area (Å²) in [5, 5.41) is 0. The van der Waals surface area contributed by atoms with Crippen LogP contribution < -0.4 is 0 Å². The Labute approximate surface area is 482 Å². The number of fused-ring (bicyclic) bond motifs is 8. The lowest BCUT2D eigenvalue weighted by Crippen LogP contribution is -1.92. The number of aryl methyl sites for hydroxylation is 4. The second-order valence-corrected chi connectivity index (χ2v) is 23.4. The third-order valence-corrected chi connectivity index (χ3v) is 17.0. The van der Waals surface area contributed by atoms with Crippen LogP contribution in [0.15, 0.2) is 121 Å². The van der Waals surface area contributed by atoms with Crippen LogP contribution in [0.2, 0.25) is 0 Å². The number of nitrogens with zero attached hydrogens (tertiary/aromatic N) is 2. The maximum Gasteiger partial charge on any atom is 0.0737 e. The fourth-order valence-corrected chi connectivity index (χ4v) is 12.2. The molecule has 0 amide bonds. The summed E-state index contributed by atoms with van der Waals surface area (Å²) < 4.78 is 0. The van der Waals surface area contributed by atoms with Gasteiger partial charge in [0.15, 0.2) is 0 Å². The molecule has 8 bridgehead atoms. The van der Waals surface area contributed by atoms with Gasteiger partial charge in [-0.2, -0.15) is 0 Å². The highest BCUT2D eigenvalue weighted by atomic mass is 14.8. The van der Waals surface area contributed by atoms with Gasteiger partial charge >= 0.3 is 0 Å². The van der Waals surface area contributed by atoms with E-state index in [0.29, 0.717) is 0 Å². The molecule has 2 aliphatic heterocycles. The summed E-state index contributed by atoms with van der Waals surface area (Å²) in [6.07, 6.45) is 44.6. The van der Waals surface area contributed by atoms with E-state index >= 15 is 0 Å². The number of benzene rings is 4. The van der Waals surface area contributed by atoms with E-state index in [0.717, 1.165) is 115 Å². The van der Waals surface area contributed by atoms with Crippen LogP contribution in [0.25, 0.3) is 90.9 Å². The largest absolute Gasteiger partial charge is 0.354 e. The Morgan fingerprint density at radius 3 is 0.650 bits per heavy atom. The number of aromatic nitrogens is 4. The van der Waals surface area contributed by atoms with Crippen LogP contribution in [0.4, 0.5) is 0 Å². The molecular formula is C76H94N4. The van der Waals surface area contributed by atoms with Gasteiger partial charge in [-0.15, -0.1) is 0 Å². The first-order valence-corrected chi connectivity index (χ1v) is 32.1. The lowest BCUT2D eigenvalue weighted by Gasteiger charge is -2.09. The van der Waals surface area contributed by atoms with Gasteiger partial charge in [0.1, 0.15) is 0 Å². The van der Waals surface area contributed by atoms with Gasteiger partial charge in [-0.3, -0.25) is 0 Å². The van der Waals surface area contributed by atoms with Crippen molar-refractivity contribution in [2.24, 2.45) is 0 Å². The molecule has 4 heteroatoms. The molecule has 0 saturated carbocycles. The number of rotatable bonds is 32. The standard InChI is InChI=1S/C76H94N4/c1-5-9-13-17-21-25-29-57-33-41-61(42-34-57)73-65-49-51-67(77-65)74(62-43-35-58(36-44-62)30-26-22-18-14-10-6-2)69-53-55-71(79-69)76(64-47-39-60(40-48-64)32-28-24-20-16-12-8-4)72-56-54-70(80-72)75(68-52-50-66(73)78-68)63-45-37-59(38-46-63)31-27-23-19-15-11-7-3/h33-56,77,80H,5-32H2,1-4H3. The summed E-state index contributed by atoms with van der Waals surface area (Å²) in [7, 11) is 0. The maximum atomic E-state index is 5.67. The van der Waals surface area contributed by atoms with E-state index in [9.17, 15) is 0 Å². The molecule has 2 N–H and O–H groups in total. The molecular weight excluding hydrogens is 969 g/mol. The second kappa shape index (κ2) is 30.9. The van der Waals surface area contributed by atoms with Crippen molar-refractivity contribution in [3.63, 3.8) is 0 Å². The summed E-state index contributed by atoms with van der Waals surface area (Å²) >= 11 is 0. The molecule has 0 spiro atoms. The van der Waals surface area contributed by atoms with E-state index in [-0.39, 0.29) is 0 Å². The molecule has 0 saturated heterocycles. The average Bonchev–Trinajstić information content (AvgIpc) is 4.38. The molecule has 3 aromatic heterocycles. The van der Waals surface area contributed by atoms with Crippen molar-refractivity contribution in [3.05, 3.63) is 166 Å². The topological polar surface area (TPSA) is 57.4 Å². The van der Waals surface area contributed by atoms with Crippen LogP contribution in [0.5, 0.6) is 0 Å². The Morgan fingerprint density at radius 2 is 0.438 bits per heavy atom. The molecule has 0 radical (unpaired) electrons. The molecule has 5 heterocycles. The highest BCUT2D eigenvalue weighted by Gasteiger charge is 2.20. The van der Waals surface area contributed by atoms with E-state index in [4.69, 9.17) is 9.97 Å². The fourth-order valence-electron chi connectivity index (χ4n) is 12.2. The maximum absolute atomic E-state index is 5.67. The lowest BCUT2D eigenvalue weighted by atomic mass is 9.99. The Kier molecular flexibility index (Phi) is 22.5.